The van der Waals surface area contributed by atoms with Gasteiger partial charge in [0.2, 0.25) is 0 Å². The van der Waals surface area contributed by atoms with Crippen molar-refractivity contribution in [2.45, 2.75) is 42.2 Å². The van der Waals surface area contributed by atoms with E-state index >= 15 is 0 Å². The lowest BCUT2D eigenvalue weighted by Gasteiger charge is -2.39. The van der Waals surface area contributed by atoms with Crippen LogP contribution < -0.4 is 0 Å². The molecule has 0 spiro atoms. The third-order valence-corrected chi connectivity index (χ3v) is 5.40. The van der Waals surface area contributed by atoms with Gasteiger partial charge in [-0.3, -0.25) is 0 Å². The lowest BCUT2D eigenvalue weighted by molar-refractivity contribution is -0.439. The number of hydrogen-bond acceptors (Lipinski definition) is 1. The van der Waals surface area contributed by atoms with E-state index in [9.17, 15) is 57.1 Å². The molecule has 32 heavy (non-hydrogen) atoms. The van der Waals surface area contributed by atoms with Gasteiger partial charge in [-0.2, -0.15) is 68.8 Å². The van der Waals surface area contributed by atoms with Crippen LogP contribution in [0, 0.1) is 5.92 Å². The summed E-state index contributed by atoms with van der Waals surface area (Å²) in [5.41, 5.74) is 0.679. The summed E-state index contributed by atoms with van der Waals surface area (Å²) >= 11 is 0.523. The van der Waals surface area contributed by atoms with E-state index in [2.05, 4.69) is 6.58 Å². The highest BCUT2D eigenvalue weighted by atomic mass is 32.2. The number of rotatable bonds is 10. The molecule has 1 unspecified atom stereocenters. The molecule has 0 aromatic carbocycles. The molecule has 0 aromatic rings. The maximum absolute atomic E-state index is 13.7. The molecule has 184 valence electrons. The summed E-state index contributed by atoms with van der Waals surface area (Å²) < 4.78 is 169. The monoisotopic (exact) mass is 510 g/mol. The van der Waals surface area contributed by atoms with Crippen LogP contribution in [0.15, 0.2) is 48.6 Å². The van der Waals surface area contributed by atoms with Crippen molar-refractivity contribution in [1.82, 2.24) is 0 Å². The van der Waals surface area contributed by atoms with E-state index in [1.807, 2.05) is 0 Å². The first kappa shape index (κ1) is 28.4. The molecule has 0 N–H and O–H groups in total. The Morgan fingerprint density at radius 3 is 1.81 bits per heavy atom. The van der Waals surface area contributed by atoms with Crippen molar-refractivity contribution in [3.05, 3.63) is 48.6 Å². The first-order chi connectivity index (χ1) is 14.3. The highest BCUT2D eigenvalue weighted by Gasteiger charge is 2.90. The molecule has 1 atom stereocenters. The van der Waals surface area contributed by atoms with Gasteiger partial charge in [0.15, 0.2) is 0 Å². The molecule has 1 rings (SSSR count). The Kier molecular flexibility index (Phi) is 8.29. The van der Waals surface area contributed by atoms with Crippen LogP contribution in [-0.2, 0) is 0 Å². The Morgan fingerprint density at radius 2 is 1.31 bits per heavy atom. The van der Waals surface area contributed by atoms with Gasteiger partial charge in [-0.15, -0.1) is 0 Å². The Hall–Kier alpha value is -1.60. The van der Waals surface area contributed by atoms with Crippen molar-refractivity contribution in [1.29, 1.82) is 0 Å². The van der Waals surface area contributed by atoms with Gasteiger partial charge in [0.05, 0.1) is 0 Å². The van der Waals surface area contributed by atoms with Gasteiger partial charge >= 0.3 is 35.8 Å². The number of hydrogen-bond donors (Lipinski definition) is 0. The standard InChI is InChI=1S/C18H15F13S/c1-2-11-4-3-5-12(7-6-11)10-32-9-8-13(19,20)14(21,22)15(23,24)16(25,26)17(27,28)18(29,30)31/h2-7,12H,1,8-10H2. The zero-order valence-corrected chi connectivity index (χ0v) is 16.5. The maximum atomic E-state index is 13.7. The third kappa shape index (κ3) is 5.14. The zero-order chi connectivity index (χ0) is 25.2. The van der Waals surface area contributed by atoms with Crippen LogP contribution in [0.2, 0.25) is 0 Å². The fourth-order valence-electron chi connectivity index (χ4n) is 2.29. The molecule has 0 aromatic heterocycles. The van der Waals surface area contributed by atoms with Gasteiger partial charge in [-0.05, 0) is 11.3 Å². The summed E-state index contributed by atoms with van der Waals surface area (Å²) in [6.07, 6.45) is -0.186. The third-order valence-electron chi connectivity index (χ3n) is 4.29. The quantitative estimate of drug-likeness (QED) is 0.214. The smallest absolute Gasteiger partial charge is 0.200 e. The van der Waals surface area contributed by atoms with E-state index in [-0.39, 0.29) is 5.75 Å². The van der Waals surface area contributed by atoms with Crippen LogP contribution in [-0.4, -0.2) is 47.3 Å². The van der Waals surface area contributed by atoms with Crippen LogP contribution in [0.5, 0.6) is 0 Å². The second-order valence-electron chi connectivity index (χ2n) is 6.60. The van der Waals surface area contributed by atoms with Crippen LogP contribution in [0.25, 0.3) is 0 Å². The number of halogens is 13. The van der Waals surface area contributed by atoms with Gasteiger partial charge in [-0.1, -0.05) is 43.0 Å². The molecule has 0 saturated carbocycles. The summed E-state index contributed by atoms with van der Waals surface area (Å²) in [6.45, 7) is 3.51. The predicted molar refractivity (Wildman–Crippen MR) is 92.8 cm³/mol. The van der Waals surface area contributed by atoms with Crippen molar-refractivity contribution in [2.24, 2.45) is 5.92 Å². The number of thioether (sulfide) groups is 1. The lowest BCUT2D eigenvalue weighted by Crippen LogP contribution is -2.70. The minimum atomic E-state index is -7.86. The largest absolute Gasteiger partial charge is 0.460 e. The molecule has 1 aliphatic rings. The Labute approximate surface area is 177 Å². The molecule has 1 aliphatic carbocycles. The normalized spacial score (nSPS) is 19.0. The topological polar surface area (TPSA) is 0 Å². The van der Waals surface area contributed by atoms with E-state index in [4.69, 9.17) is 0 Å². The predicted octanol–water partition coefficient (Wildman–Crippen LogP) is 7.70. The molecule has 0 amide bonds. The average molecular weight is 510 g/mol. The average Bonchev–Trinajstić information content (AvgIpc) is 2.88. The van der Waals surface area contributed by atoms with Crippen molar-refractivity contribution < 1.29 is 57.1 Å². The summed E-state index contributed by atoms with van der Waals surface area (Å²) in [7, 11) is 0. The molecule has 14 heteroatoms. The molecule has 0 radical (unpaired) electrons. The molecule has 0 nitrogen and oxygen atoms in total. The minimum absolute atomic E-state index is 0.0361. The Balaban J connectivity index is 2.91. The zero-order valence-electron chi connectivity index (χ0n) is 15.7. The number of allylic oxidation sites excluding steroid dienone is 7. The molecular formula is C18H15F13S. The molecule has 0 bridgehead atoms. The van der Waals surface area contributed by atoms with Gasteiger partial charge in [-0.25, -0.2) is 0 Å². The minimum Gasteiger partial charge on any atom is -0.200 e. The Bertz CT molecular complexity index is 759. The van der Waals surface area contributed by atoms with E-state index in [1.54, 1.807) is 30.4 Å². The summed E-state index contributed by atoms with van der Waals surface area (Å²) in [4.78, 5) is 0. The van der Waals surface area contributed by atoms with E-state index < -0.39 is 53.9 Å². The van der Waals surface area contributed by atoms with Crippen LogP contribution in [0.3, 0.4) is 0 Å². The van der Waals surface area contributed by atoms with Gasteiger partial charge < -0.3 is 0 Å². The van der Waals surface area contributed by atoms with Crippen molar-refractivity contribution in [2.75, 3.05) is 11.5 Å². The highest BCUT2D eigenvalue weighted by molar-refractivity contribution is 7.99. The Morgan fingerprint density at radius 1 is 0.781 bits per heavy atom. The SMILES string of the molecule is C=CC1=CC=CC(CSCCC(F)(F)C(F)(F)C(F)(F)C(F)(F)C(F)(F)C(F)(F)F)C=C1. The molecular weight excluding hydrogens is 495 g/mol. The first-order valence-corrected chi connectivity index (χ1v) is 9.64. The maximum Gasteiger partial charge on any atom is 0.460 e. The highest BCUT2D eigenvalue weighted by Crippen LogP contribution is 2.60. The summed E-state index contributed by atoms with van der Waals surface area (Å²) in [5, 5.41) is 0. The number of alkyl halides is 13. The summed E-state index contributed by atoms with van der Waals surface area (Å²) in [5.74, 6) is -38.0. The van der Waals surface area contributed by atoms with Crippen molar-refractivity contribution in [3.8, 4) is 0 Å². The summed E-state index contributed by atoms with van der Waals surface area (Å²) in [6, 6.07) is 0. The van der Waals surface area contributed by atoms with E-state index in [0.29, 0.717) is 17.3 Å². The van der Waals surface area contributed by atoms with E-state index in [0.717, 1.165) is 0 Å². The van der Waals surface area contributed by atoms with Crippen molar-refractivity contribution in [3.63, 3.8) is 0 Å². The van der Waals surface area contributed by atoms with Gasteiger partial charge in [0.1, 0.15) is 0 Å². The second-order valence-corrected chi connectivity index (χ2v) is 7.75. The first-order valence-electron chi connectivity index (χ1n) is 8.49. The molecule has 0 saturated heterocycles. The van der Waals surface area contributed by atoms with Crippen LogP contribution in [0.4, 0.5) is 57.1 Å². The second kappa shape index (κ2) is 9.34. The van der Waals surface area contributed by atoms with Gasteiger partial charge in [0.25, 0.3) is 0 Å². The fourth-order valence-corrected chi connectivity index (χ4v) is 3.35. The van der Waals surface area contributed by atoms with E-state index in [1.165, 1.54) is 6.08 Å². The van der Waals surface area contributed by atoms with Crippen LogP contribution in [0.1, 0.15) is 6.42 Å². The fraction of sp³-hybridized carbons (Fsp3) is 0.556. The molecule has 0 heterocycles. The molecule has 0 fully saturated rings. The molecule has 0 aliphatic heterocycles. The van der Waals surface area contributed by atoms with Crippen LogP contribution >= 0.6 is 11.8 Å². The van der Waals surface area contributed by atoms with Crippen molar-refractivity contribution >= 4 is 11.8 Å². The van der Waals surface area contributed by atoms with Gasteiger partial charge in [0, 0.05) is 18.1 Å². The lowest BCUT2D eigenvalue weighted by atomic mass is 9.93.